The number of carbonyl (C=O) groups excluding carboxylic acids is 1. The van der Waals surface area contributed by atoms with Crippen LogP contribution in [0.1, 0.15) is 10.5 Å². The van der Waals surface area contributed by atoms with Gasteiger partial charge in [0, 0.05) is 18.1 Å². The first-order chi connectivity index (χ1) is 9.40. The minimum Gasteiger partial charge on any atom is -0.315 e. The molecule has 0 atom stereocenters. The number of hydrogen-bond acceptors (Lipinski definition) is 4. The second-order valence-corrected chi connectivity index (χ2v) is 5.13. The molecule has 104 valence electrons. The van der Waals surface area contributed by atoms with Gasteiger partial charge >= 0.3 is 0 Å². The summed E-state index contributed by atoms with van der Waals surface area (Å²) in [4.78, 5) is 22.5. The van der Waals surface area contributed by atoms with E-state index in [-0.39, 0.29) is 22.1 Å². The van der Waals surface area contributed by atoms with Crippen molar-refractivity contribution in [3.63, 3.8) is 0 Å². The standard InChI is InChI=1S/C11H8BrClN4O3/c1-16-10(7(12)5-14-16)11(18)15-8-3-2-6(13)4-9(8)17(19)20/h2-5H,1H3,(H,15,18). The Bertz CT molecular complexity index is 681. The molecule has 0 aliphatic rings. The fourth-order valence-electron chi connectivity index (χ4n) is 1.61. The SMILES string of the molecule is Cn1ncc(Br)c1C(=O)Nc1ccc(Cl)cc1[N+](=O)[O-]. The summed E-state index contributed by atoms with van der Waals surface area (Å²) in [6.07, 6.45) is 1.46. The Morgan fingerprint density at radius 1 is 1.55 bits per heavy atom. The third kappa shape index (κ3) is 2.81. The van der Waals surface area contributed by atoms with E-state index in [1.54, 1.807) is 7.05 Å². The average molecular weight is 360 g/mol. The van der Waals surface area contributed by atoms with Gasteiger partial charge in [-0.15, -0.1) is 0 Å². The van der Waals surface area contributed by atoms with Crippen LogP contribution in [0.5, 0.6) is 0 Å². The summed E-state index contributed by atoms with van der Waals surface area (Å²) in [6.45, 7) is 0. The van der Waals surface area contributed by atoms with E-state index < -0.39 is 10.8 Å². The molecule has 9 heteroatoms. The lowest BCUT2D eigenvalue weighted by Crippen LogP contribution is -2.17. The fraction of sp³-hybridized carbons (Fsp3) is 0.0909. The zero-order valence-corrected chi connectivity index (χ0v) is 12.5. The first-order valence-corrected chi connectivity index (χ1v) is 6.50. The normalized spacial score (nSPS) is 10.3. The molecule has 20 heavy (non-hydrogen) atoms. The van der Waals surface area contributed by atoms with Crippen molar-refractivity contribution in [2.45, 2.75) is 0 Å². The molecule has 1 aromatic heterocycles. The van der Waals surface area contributed by atoms with Crippen molar-refractivity contribution >= 4 is 44.8 Å². The largest absolute Gasteiger partial charge is 0.315 e. The molecule has 0 bridgehead atoms. The lowest BCUT2D eigenvalue weighted by atomic mass is 10.2. The number of nitro groups is 1. The van der Waals surface area contributed by atoms with Crippen LogP contribution in [-0.4, -0.2) is 20.6 Å². The number of halogens is 2. The molecule has 1 amide bonds. The number of rotatable bonds is 3. The topological polar surface area (TPSA) is 90.1 Å². The summed E-state index contributed by atoms with van der Waals surface area (Å²) in [5, 5.41) is 17.5. The van der Waals surface area contributed by atoms with Crippen molar-refractivity contribution < 1.29 is 9.72 Å². The Morgan fingerprint density at radius 3 is 2.80 bits per heavy atom. The second-order valence-electron chi connectivity index (χ2n) is 3.84. The van der Waals surface area contributed by atoms with Gasteiger partial charge in [0.15, 0.2) is 0 Å². The lowest BCUT2D eigenvalue weighted by Gasteiger charge is -2.07. The molecule has 0 saturated heterocycles. The Balaban J connectivity index is 2.36. The predicted molar refractivity (Wildman–Crippen MR) is 77.0 cm³/mol. The van der Waals surface area contributed by atoms with Gasteiger partial charge in [-0.25, -0.2) is 0 Å². The van der Waals surface area contributed by atoms with E-state index in [9.17, 15) is 14.9 Å². The van der Waals surface area contributed by atoms with Gasteiger partial charge in [-0.05, 0) is 28.1 Å². The highest BCUT2D eigenvalue weighted by atomic mass is 79.9. The zero-order valence-electron chi connectivity index (χ0n) is 10.1. The number of carbonyl (C=O) groups is 1. The number of amides is 1. The molecule has 0 aliphatic carbocycles. The highest BCUT2D eigenvalue weighted by Crippen LogP contribution is 2.28. The molecule has 0 fully saturated rings. The zero-order chi connectivity index (χ0) is 14.9. The van der Waals surface area contributed by atoms with Crippen LogP contribution in [0, 0.1) is 10.1 Å². The number of hydrogen-bond donors (Lipinski definition) is 1. The molecule has 0 radical (unpaired) electrons. The smallest absolute Gasteiger partial charge is 0.294 e. The molecule has 0 aliphatic heterocycles. The molecule has 0 spiro atoms. The van der Waals surface area contributed by atoms with Crippen LogP contribution in [0.3, 0.4) is 0 Å². The van der Waals surface area contributed by atoms with Crippen molar-refractivity contribution in [3.8, 4) is 0 Å². The number of nitrogens with one attached hydrogen (secondary N) is 1. The first kappa shape index (κ1) is 14.5. The van der Waals surface area contributed by atoms with Crippen LogP contribution in [0.2, 0.25) is 5.02 Å². The third-order valence-electron chi connectivity index (χ3n) is 2.51. The molecule has 1 N–H and O–H groups in total. The van der Waals surface area contributed by atoms with Gasteiger partial charge in [0.2, 0.25) is 0 Å². The Labute approximate surface area is 126 Å². The van der Waals surface area contributed by atoms with E-state index in [1.165, 1.54) is 29.1 Å². The van der Waals surface area contributed by atoms with Gasteiger partial charge in [-0.1, -0.05) is 11.6 Å². The minimum atomic E-state index is -0.611. The van der Waals surface area contributed by atoms with Gasteiger partial charge in [0.25, 0.3) is 11.6 Å². The molecule has 1 heterocycles. The second kappa shape index (κ2) is 5.59. The minimum absolute atomic E-state index is 0.0671. The van der Waals surface area contributed by atoms with Gasteiger partial charge in [0.1, 0.15) is 11.4 Å². The van der Waals surface area contributed by atoms with Crippen LogP contribution in [0.4, 0.5) is 11.4 Å². The van der Waals surface area contributed by atoms with Crippen molar-refractivity contribution in [2.75, 3.05) is 5.32 Å². The maximum atomic E-state index is 12.1. The molecule has 2 rings (SSSR count). The van der Waals surface area contributed by atoms with E-state index >= 15 is 0 Å². The molecule has 0 saturated carbocycles. The van der Waals surface area contributed by atoms with Crippen molar-refractivity contribution in [3.05, 3.63) is 49.7 Å². The average Bonchev–Trinajstić information content (AvgIpc) is 2.71. The highest BCUT2D eigenvalue weighted by molar-refractivity contribution is 9.10. The van der Waals surface area contributed by atoms with E-state index in [0.29, 0.717) is 4.47 Å². The van der Waals surface area contributed by atoms with Crippen LogP contribution < -0.4 is 5.32 Å². The Morgan fingerprint density at radius 2 is 2.25 bits per heavy atom. The summed E-state index contributed by atoms with van der Waals surface area (Å²) >= 11 is 8.90. The van der Waals surface area contributed by atoms with E-state index in [2.05, 4.69) is 26.3 Å². The maximum absolute atomic E-state index is 12.1. The maximum Gasteiger partial charge on any atom is 0.294 e. The van der Waals surface area contributed by atoms with Crippen LogP contribution in [0.15, 0.2) is 28.9 Å². The van der Waals surface area contributed by atoms with Crippen LogP contribution in [-0.2, 0) is 7.05 Å². The van der Waals surface area contributed by atoms with Crippen LogP contribution in [0.25, 0.3) is 0 Å². The summed E-state index contributed by atoms with van der Waals surface area (Å²) in [5.74, 6) is -0.512. The summed E-state index contributed by atoms with van der Waals surface area (Å²) in [5.41, 5.74) is 0.0517. The van der Waals surface area contributed by atoms with Crippen molar-refractivity contribution in [1.29, 1.82) is 0 Å². The molecule has 2 aromatic rings. The number of anilines is 1. The van der Waals surface area contributed by atoms with Crippen molar-refractivity contribution in [1.82, 2.24) is 9.78 Å². The number of aromatic nitrogens is 2. The van der Waals surface area contributed by atoms with E-state index in [0.717, 1.165) is 0 Å². The number of nitrogens with zero attached hydrogens (tertiary/aromatic N) is 3. The summed E-state index contributed by atoms with van der Waals surface area (Å²) in [7, 11) is 1.59. The quantitative estimate of drug-likeness (QED) is 0.674. The third-order valence-corrected chi connectivity index (χ3v) is 3.33. The lowest BCUT2D eigenvalue weighted by molar-refractivity contribution is -0.383. The predicted octanol–water partition coefficient (Wildman–Crippen LogP) is 3.00. The van der Waals surface area contributed by atoms with Gasteiger partial charge < -0.3 is 5.32 Å². The number of aryl methyl sites for hydroxylation is 1. The number of benzene rings is 1. The molecule has 0 unspecified atom stereocenters. The fourth-order valence-corrected chi connectivity index (χ4v) is 2.30. The van der Waals surface area contributed by atoms with E-state index in [1.807, 2.05) is 0 Å². The van der Waals surface area contributed by atoms with Crippen LogP contribution >= 0.6 is 27.5 Å². The molecule has 1 aromatic carbocycles. The highest BCUT2D eigenvalue weighted by Gasteiger charge is 2.20. The Kier molecular flexibility index (Phi) is 4.05. The Hall–Kier alpha value is -1.93. The summed E-state index contributed by atoms with van der Waals surface area (Å²) < 4.78 is 1.86. The molecular weight excluding hydrogens is 352 g/mol. The first-order valence-electron chi connectivity index (χ1n) is 5.33. The molecular formula is C11H8BrClN4O3. The van der Waals surface area contributed by atoms with Gasteiger partial charge in [-0.3, -0.25) is 19.6 Å². The van der Waals surface area contributed by atoms with E-state index in [4.69, 9.17) is 11.6 Å². The summed E-state index contributed by atoms with van der Waals surface area (Å²) in [6, 6.07) is 4.01. The van der Waals surface area contributed by atoms with Gasteiger partial charge in [-0.2, -0.15) is 5.10 Å². The number of nitro benzene ring substituents is 1. The molecule has 7 nitrogen and oxygen atoms in total. The monoisotopic (exact) mass is 358 g/mol. The van der Waals surface area contributed by atoms with Gasteiger partial charge in [0.05, 0.1) is 15.6 Å². The van der Waals surface area contributed by atoms with Crippen molar-refractivity contribution in [2.24, 2.45) is 7.05 Å².